The van der Waals surface area contributed by atoms with Crippen LogP contribution in [-0.2, 0) is 20.5 Å². The molecule has 1 aromatic carbocycles. The number of carbonyl (C=O) groups is 2. The summed E-state index contributed by atoms with van der Waals surface area (Å²) < 4.78 is 55.7. The van der Waals surface area contributed by atoms with E-state index in [0.29, 0.717) is 12.1 Å². The lowest BCUT2D eigenvalue weighted by atomic mass is 10.1. The number of carbonyl (C=O) groups excluding carboxylic acids is 2. The number of ether oxygens (including phenoxy) is 1. The van der Waals surface area contributed by atoms with Crippen molar-refractivity contribution in [2.45, 2.75) is 12.6 Å². The van der Waals surface area contributed by atoms with Gasteiger partial charge in [0.2, 0.25) is 5.91 Å². The number of esters is 1. The number of nitrogens with zero attached hydrogens (tertiary/aromatic N) is 1. The molecule has 2 rings (SSSR count). The maximum absolute atomic E-state index is 13.2. The average Bonchev–Trinajstić information content (AvgIpc) is 2.79. The first kappa shape index (κ1) is 15.3. The molecule has 1 fully saturated rings. The molecule has 0 spiro atoms. The van der Waals surface area contributed by atoms with Gasteiger partial charge in [-0.1, -0.05) is 0 Å². The first-order valence-electron chi connectivity index (χ1n) is 5.99. The number of halogens is 4. The normalized spacial score (nSPS) is 19.0. The van der Waals surface area contributed by atoms with Gasteiger partial charge in [-0.3, -0.25) is 9.59 Å². The molecule has 1 amide bonds. The second-order valence-corrected chi connectivity index (χ2v) is 4.59. The van der Waals surface area contributed by atoms with E-state index in [1.807, 2.05) is 0 Å². The summed E-state index contributed by atoms with van der Waals surface area (Å²) in [4.78, 5) is 24.2. The predicted molar refractivity (Wildman–Crippen MR) is 63.9 cm³/mol. The molecule has 0 aromatic heterocycles. The Kier molecular flexibility index (Phi) is 3.89. The van der Waals surface area contributed by atoms with Crippen molar-refractivity contribution in [1.29, 1.82) is 0 Å². The fourth-order valence-corrected chi connectivity index (χ4v) is 2.18. The van der Waals surface area contributed by atoms with Crippen molar-refractivity contribution in [3.8, 4) is 0 Å². The third-order valence-electron chi connectivity index (χ3n) is 3.23. The molecule has 0 aliphatic carbocycles. The van der Waals surface area contributed by atoms with E-state index in [2.05, 4.69) is 4.74 Å². The molecular formula is C13H11F4NO3. The topological polar surface area (TPSA) is 46.6 Å². The van der Waals surface area contributed by atoms with Crippen LogP contribution in [-0.4, -0.2) is 25.5 Å². The van der Waals surface area contributed by atoms with Gasteiger partial charge in [0.05, 0.1) is 18.6 Å². The van der Waals surface area contributed by atoms with Gasteiger partial charge >= 0.3 is 12.1 Å². The molecule has 1 atom stereocenters. The monoisotopic (exact) mass is 305 g/mol. The van der Waals surface area contributed by atoms with Crippen molar-refractivity contribution in [3.63, 3.8) is 0 Å². The molecular weight excluding hydrogens is 294 g/mol. The fourth-order valence-electron chi connectivity index (χ4n) is 2.18. The Morgan fingerprint density at radius 1 is 1.38 bits per heavy atom. The zero-order valence-electron chi connectivity index (χ0n) is 10.9. The number of amides is 1. The van der Waals surface area contributed by atoms with Gasteiger partial charge in [-0.25, -0.2) is 4.39 Å². The lowest BCUT2D eigenvalue weighted by Gasteiger charge is -2.18. The fraction of sp³-hybridized carbons (Fsp3) is 0.385. The Morgan fingerprint density at radius 2 is 2.05 bits per heavy atom. The van der Waals surface area contributed by atoms with Gasteiger partial charge in [0.1, 0.15) is 5.82 Å². The van der Waals surface area contributed by atoms with Gasteiger partial charge in [-0.05, 0) is 18.2 Å². The smallest absolute Gasteiger partial charge is 0.419 e. The summed E-state index contributed by atoms with van der Waals surface area (Å²) in [5.74, 6) is -3.27. The molecule has 8 heteroatoms. The van der Waals surface area contributed by atoms with Crippen LogP contribution in [0.4, 0.5) is 23.2 Å². The SMILES string of the molecule is COC(=O)C1CC(=O)N(c2ccc(F)c(C(F)(F)F)c2)C1. The predicted octanol–water partition coefficient (Wildman–Crippen LogP) is 2.37. The molecule has 21 heavy (non-hydrogen) atoms. The van der Waals surface area contributed by atoms with E-state index in [-0.39, 0.29) is 18.7 Å². The van der Waals surface area contributed by atoms with Crippen LogP contribution >= 0.6 is 0 Å². The van der Waals surface area contributed by atoms with Gasteiger partial charge in [0.15, 0.2) is 0 Å². The highest BCUT2D eigenvalue weighted by atomic mass is 19.4. The summed E-state index contributed by atoms with van der Waals surface area (Å²) in [6.45, 7) is -0.0889. The van der Waals surface area contributed by atoms with Crippen LogP contribution in [0.5, 0.6) is 0 Å². The summed E-state index contributed by atoms with van der Waals surface area (Å²) in [6.07, 6.45) is -5.00. The average molecular weight is 305 g/mol. The minimum atomic E-state index is -4.86. The summed E-state index contributed by atoms with van der Waals surface area (Å²) in [7, 11) is 1.16. The van der Waals surface area contributed by atoms with E-state index < -0.39 is 35.4 Å². The third-order valence-corrected chi connectivity index (χ3v) is 3.23. The van der Waals surface area contributed by atoms with Crippen LogP contribution in [0.25, 0.3) is 0 Å². The minimum absolute atomic E-state index is 0.0889. The molecule has 1 saturated heterocycles. The molecule has 1 aliphatic heterocycles. The van der Waals surface area contributed by atoms with Crippen LogP contribution in [0.1, 0.15) is 12.0 Å². The third kappa shape index (κ3) is 2.98. The number of alkyl halides is 3. The van der Waals surface area contributed by atoms with E-state index in [4.69, 9.17) is 0 Å². The van der Waals surface area contributed by atoms with Crippen LogP contribution in [0.3, 0.4) is 0 Å². The van der Waals surface area contributed by atoms with E-state index in [9.17, 15) is 27.2 Å². The zero-order valence-corrected chi connectivity index (χ0v) is 10.9. The molecule has 0 N–H and O–H groups in total. The zero-order chi connectivity index (χ0) is 15.8. The van der Waals surface area contributed by atoms with Crippen LogP contribution < -0.4 is 4.90 Å². The molecule has 4 nitrogen and oxygen atoms in total. The van der Waals surface area contributed by atoms with Crippen molar-refractivity contribution in [2.24, 2.45) is 5.92 Å². The number of rotatable bonds is 2. The molecule has 114 valence electrons. The van der Waals surface area contributed by atoms with Gasteiger partial charge in [0.25, 0.3) is 0 Å². The summed E-state index contributed by atoms with van der Waals surface area (Å²) >= 11 is 0. The maximum Gasteiger partial charge on any atom is 0.419 e. The van der Waals surface area contributed by atoms with Crippen LogP contribution in [0.15, 0.2) is 18.2 Å². The number of hydrogen-bond acceptors (Lipinski definition) is 3. The van der Waals surface area contributed by atoms with Gasteiger partial charge < -0.3 is 9.64 Å². The standard InChI is InChI=1S/C13H11F4NO3/c1-21-12(20)7-4-11(19)18(6-7)8-2-3-10(14)9(5-8)13(15,16)17/h2-3,5,7H,4,6H2,1H3. The minimum Gasteiger partial charge on any atom is -0.469 e. The highest BCUT2D eigenvalue weighted by Crippen LogP contribution is 2.35. The molecule has 0 saturated carbocycles. The summed E-state index contributed by atoms with van der Waals surface area (Å²) in [6, 6.07) is 2.28. The Balaban J connectivity index is 2.31. The van der Waals surface area contributed by atoms with Crippen LogP contribution in [0, 0.1) is 11.7 Å². The number of benzene rings is 1. The number of methoxy groups -OCH3 is 1. The summed E-state index contributed by atoms with van der Waals surface area (Å²) in [5, 5.41) is 0. The maximum atomic E-state index is 13.2. The van der Waals surface area contributed by atoms with Crippen molar-refractivity contribution in [3.05, 3.63) is 29.6 Å². The Morgan fingerprint density at radius 3 is 2.62 bits per heavy atom. The first-order valence-corrected chi connectivity index (χ1v) is 5.99. The van der Waals surface area contributed by atoms with Crippen LogP contribution in [0.2, 0.25) is 0 Å². The van der Waals surface area contributed by atoms with Gasteiger partial charge in [-0.15, -0.1) is 0 Å². The first-order chi connectivity index (χ1) is 9.74. The largest absolute Gasteiger partial charge is 0.469 e. The highest BCUT2D eigenvalue weighted by molar-refractivity contribution is 5.99. The van der Waals surface area contributed by atoms with Crippen molar-refractivity contribution < 1.29 is 31.9 Å². The number of anilines is 1. The molecule has 1 unspecified atom stereocenters. The Bertz CT molecular complexity index is 585. The summed E-state index contributed by atoms with van der Waals surface area (Å²) in [5.41, 5.74) is -1.55. The van der Waals surface area contributed by atoms with E-state index in [1.165, 1.54) is 0 Å². The van der Waals surface area contributed by atoms with E-state index in [1.54, 1.807) is 0 Å². The molecule has 1 aromatic rings. The Hall–Kier alpha value is -2.12. The van der Waals surface area contributed by atoms with E-state index >= 15 is 0 Å². The molecule has 1 aliphatic rings. The second kappa shape index (κ2) is 5.34. The van der Waals surface area contributed by atoms with Crippen molar-refractivity contribution in [1.82, 2.24) is 0 Å². The van der Waals surface area contributed by atoms with Gasteiger partial charge in [0, 0.05) is 18.7 Å². The second-order valence-electron chi connectivity index (χ2n) is 4.59. The highest BCUT2D eigenvalue weighted by Gasteiger charge is 2.38. The van der Waals surface area contributed by atoms with Crippen molar-refractivity contribution >= 4 is 17.6 Å². The van der Waals surface area contributed by atoms with Crippen molar-refractivity contribution in [2.75, 3.05) is 18.6 Å². The molecule has 0 bridgehead atoms. The quantitative estimate of drug-likeness (QED) is 0.622. The molecule has 0 radical (unpaired) electrons. The molecule has 1 heterocycles. The lowest BCUT2D eigenvalue weighted by Crippen LogP contribution is -2.26. The Labute approximate surface area is 117 Å². The van der Waals surface area contributed by atoms with E-state index in [0.717, 1.165) is 18.1 Å². The van der Waals surface area contributed by atoms with Gasteiger partial charge in [-0.2, -0.15) is 13.2 Å². The lowest BCUT2D eigenvalue weighted by molar-refractivity contribution is -0.145. The number of hydrogen-bond donors (Lipinski definition) is 0.